The van der Waals surface area contributed by atoms with Gasteiger partial charge in [0.1, 0.15) is 0 Å². The fraction of sp³-hybridized carbons (Fsp3) is 0.939. The molecule has 2 unspecified atom stereocenters. The second kappa shape index (κ2) is 31.7. The molecule has 0 aliphatic heterocycles. The molecule has 0 aromatic carbocycles. The summed E-state index contributed by atoms with van der Waals surface area (Å²) in [7, 11) is 0. The standard InChI is InChI=1S/C16H30.C5H12.2C3H8.3C2H6/c1-12(2)15(14-8-7-9-14)11-10-13(3)16(4,5)6;1-5(2,3)4;2*1-3-2;3*1-2/h13-15H,1,7-11H2,2-6H3;1-4H3;2*3H2,1-2H3;3*1-2H3. The molecule has 0 spiro atoms. The summed E-state index contributed by atoms with van der Waals surface area (Å²) in [5, 5.41) is 0. The van der Waals surface area contributed by atoms with Crippen LogP contribution in [-0.2, 0) is 0 Å². The predicted octanol–water partition coefficient (Wildman–Crippen LogP) is 13.4. The number of hydrogen-bond donors (Lipinski definition) is 0. The lowest BCUT2D eigenvalue weighted by Crippen LogP contribution is -2.25. The minimum absolute atomic E-state index is 0.458. The second-order valence-electron chi connectivity index (χ2n) is 11.4. The number of allylic oxidation sites excluding steroid dienone is 1. The Balaban J connectivity index is -0.0000000887. The van der Waals surface area contributed by atoms with E-state index in [0.717, 1.165) is 17.8 Å². The summed E-state index contributed by atoms with van der Waals surface area (Å²) in [6.45, 7) is 45.1. The Morgan fingerprint density at radius 1 is 0.727 bits per heavy atom. The fourth-order valence-corrected chi connectivity index (χ4v) is 2.59. The van der Waals surface area contributed by atoms with E-state index in [1.165, 1.54) is 50.5 Å². The minimum Gasteiger partial charge on any atom is -0.0999 e. The lowest BCUT2D eigenvalue weighted by molar-refractivity contribution is 0.185. The minimum atomic E-state index is 0.458. The molecule has 208 valence electrons. The third-order valence-corrected chi connectivity index (χ3v) is 4.74. The average molecular weight is 473 g/mol. The van der Waals surface area contributed by atoms with Crippen molar-refractivity contribution in [3.63, 3.8) is 0 Å². The summed E-state index contributed by atoms with van der Waals surface area (Å²) in [4.78, 5) is 0. The van der Waals surface area contributed by atoms with E-state index < -0.39 is 0 Å². The molecule has 33 heavy (non-hydrogen) atoms. The molecule has 0 bridgehead atoms. The molecule has 0 heteroatoms. The van der Waals surface area contributed by atoms with E-state index in [4.69, 9.17) is 0 Å². The van der Waals surface area contributed by atoms with Gasteiger partial charge in [-0.15, -0.1) is 0 Å². The summed E-state index contributed by atoms with van der Waals surface area (Å²) >= 11 is 0. The van der Waals surface area contributed by atoms with Crippen molar-refractivity contribution in [2.75, 3.05) is 0 Å². The molecular formula is C33H76. The monoisotopic (exact) mass is 473 g/mol. The molecule has 1 rings (SSSR count). The lowest BCUT2D eigenvalue weighted by Gasteiger charge is -2.36. The van der Waals surface area contributed by atoms with Gasteiger partial charge in [-0.05, 0) is 61.2 Å². The largest absolute Gasteiger partial charge is 0.0999 e. The van der Waals surface area contributed by atoms with Crippen LogP contribution in [-0.4, -0.2) is 0 Å². The molecule has 1 aliphatic rings. The van der Waals surface area contributed by atoms with E-state index in [9.17, 15) is 0 Å². The molecule has 1 fully saturated rings. The van der Waals surface area contributed by atoms with Gasteiger partial charge in [-0.25, -0.2) is 0 Å². The maximum atomic E-state index is 4.20. The van der Waals surface area contributed by atoms with Crippen LogP contribution in [0.1, 0.15) is 176 Å². The molecule has 2 atom stereocenters. The van der Waals surface area contributed by atoms with Gasteiger partial charge in [0, 0.05) is 0 Å². The molecule has 0 nitrogen and oxygen atoms in total. The van der Waals surface area contributed by atoms with Gasteiger partial charge in [-0.2, -0.15) is 0 Å². The highest BCUT2D eigenvalue weighted by atomic mass is 14.3. The number of hydrogen-bond acceptors (Lipinski definition) is 0. The maximum Gasteiger partial charge on any atom is -0.0180 e. The van der Waals surface area contributed by atoms with E-state index >= 15 is 0 Å². The van der Waals surface area contributed by atoms with Crippen LogP contribution in [0, 0.1) is 28.6 Å². The summed E-state index contributed by atoms with van der Waals surface area (Å²) in [6, 6.07) is 0. The van der Waals surface area contributed by atoms with Crippen LogP contribution < -0.4 is 0 Å². The normalized spacial score (nSPS) is 13.8. The molecule has 0 saturated heterocycles. The summed E-state index contributed by atoms with van der Waals surface area (Å²) in [6.07, 6.45) is 9.56. The van der Waals surface area contributed by atoms with Crippen molar-refractivity contribution in [3.05, 3.63) is 12.2 Å². The number of rotatable bonds is 5. The van der Waals surface area contributed by atoms with Crippen molar-refractivity contribution in [1.82, 2.24) is 0 Å². The Labute approximate surface area is 217 Å². The van der Waals surface area contributed by atoms with Crippen LogP contribution in [0.3, 0.4) is 0 Å². The van der Waals surface area contributed by atoms with Crippen molar-refractivity contribution >= 4 is 0 Å². The summed E-state index contributed by atoms with van der Waals surface area (Å²) in [5.74, 6) is 2.58. The van der Waals surface area contributed by atoms with Gasteiger partial charge in [-0.1, -0.05) is 156 Å². The van der Waals surface area contributed by atoms with Crippen LogP contribution in [0.5, 0.6) is 0 Å². The maximum absolute atomic E-state index is 4.20. The smallest absolute Gasteiger partial charge is 0.0180 e. The van der Waals surface area contributed by atoms with Crippen molar-refractivity contribution in [1.29, 1.82) is 0 Å². The van der Waals surface area contributed by atoms with Gasteiger partial charge in [0.05, 0.1) is 0 Å². The molecule has 1 saturated carbocycles. The van der Waals surface area contributed by atoms with Crippen molar-refractivity contribution in [3.8, 4) is 0 Å². The highest BCUT2D eigenvalue weighted by molar-refractivity contribution is 5.01. The van der Waals surface area contributed by atoms with Crippen LogP contribution >= 0.6 is 0 Å². The lowest BCUT2D eigenvalue weighted by atomic mass is 9.69. The SMILES string of the molecule is C=C(C)C(CCC(C)C(C)(C)C)C1CCC1.CC.CC.CC.CC(C)(C)C.CCC.CCC. The average Bonchev–Trinajstić information content (AvgIpc) is 2.67. The topological polar surface area (TPSA) is 0 Å². The van der Waals surface area contributed by atoms with E-state index in [1.807, 2.05) is 41.5 Å². The van der Waals surface area contributed by atoms with Gasteiger partial charge in [0.2, 0.25) is 0 Å². The second-order valence-corrected chi connectivity index (χ2v) is 11.4. The van der Waals surface area contributed by atoms with Gasteiger partial charge in [0.25, 0.3) is 0 Å². The Bertz CT molecular complexity index is 311. The van der Waals surface area contributed by atoms with E-state index in [-0.39, 0.29) is 0 Å². The van der Waals surface area contributed by atoms with Gasteiger partial charge in [0.15, 0.2) is 0 Å². The van der Waals surface area contributed by atoms with Gasteiger partial charge >= 0.3 is 0 Å². The zero-order valence-electron chi connectivity index (χ0n) is 27.9. The highest BCUT2D eigenvalue weighted by Crippen LogP contribution is 2.41. The third-order valence-electron chi connectivity index (χ3n) is 4.74. The molecule has 1 aliphatic carbocycles. The molecule has 0 heterocycles. The van der Waals surface area contributed by atoms with Crippen LogP contribution in [0.4, 0.5) is 0 Å². The van der Waals surface area contributed by atoms with Crippen molar-refractivity contribution in [2.45, 2.75) is 176 Å². The van der Waals surface area contributed by atoms with E-state index in [2.05, 4.69) is 96.6 Å². The molecule has 0 aromatic rings. The Kier molecular flexibility index (Phi) is 44.4. The Morgan fingerprint density at radius 2 is 1.00 bits per heavy atom. The molecular weight excluding hydrogens is 396 g/mol. The first-order valence-electron chi connectivity index (χ1n) is 14.8. The first-order chi connectivity index (χ1) is 15.1. The molecule has 0 amide bonds. The van der Waals surface area contributed by atoms with Gasteiger partial charge < -0.3 is 0 Å². The summed E-state index contributed by atoms with van der Waals surface area (Å²) < 4.78 is 0. The predicted molar refractivity (Wildman–Crippen MR) is 165 cm³/mol. The fourth-order valence-electron chi connectivity index (χ4n) is 2.59. The Morgan fingerprint density at radius 3 is 1.15 bits per heavy atom. The zero-order chi connectivity index (χ0) is 28.3. The van der Waals surface area contributed by atoms with Crippen LogP contribution in [0.2, 0.25) is 0 Å². The summed E-state index contributed by atoms with van der Waals surface area (Å²) in [5.41, 5.74) is 2.38. The third kappa shape index (κ3) is 45.9. The van der Waals surface area contributed by atoms with E-state index in [0.29, 0.717) is 10.8 Å². The van der Waals surface area contributed by atoms with Crippen LogP contribution in [0.15, 0.2) is 12.2 Å². The van der Waals surface area contributed by atoms with E-state index in [1.54, 1.807) is 0 Å². The molecule has 0 aromatic heterocycles. The van der Waals surface area contributed by atoms with Gasteiger partial charge in [-0.3, -0.25) is 0 Å². The van der Waals surface area contributed by atoms with Crippen LogP contribution in [0.25, 0.3) is 0 Å². The zero-order valence-corrected chi connectivity index (χ0v) is 27.9. The first kappa shape index (κ1) is 46.1. The Hall–Kier alpha value is -0.260. The van der Waals surface area contributed by atoms with Crippen molar-refractivity contribution in [2.24, 2.45) is 28.6 Å². The van der Waals surface area contributed by atoms with Crippen molar-refractivity contribution < 1.29 is 0 Å². The quantitative estimate of drug-likeness (QED) is 0.349. The first-order valence-corrected chi connectivity index (χ1v) is 14.8. The molecule has 0 N–H and O–H groups in total. The highest BCUT2D eigenvalue weighted by Gasteiger charge is 2.29. The molecule has 0 radical (unpaired) electrons.